The van der Waals surface area contributed by atoms with Crippen molar-refractivity contribution in [3.05, 3.63) is 12.7 Å². The maximum atomic E-state index is 3.50. The Morgan fingerprint density at radius 3 is 2.50 bits per heavy atom. The minimum absolute atomic E-state index is 0. The van der Waals surface area contributed by atoms with Crippen LogP contribution in [0.5, 0.6) is 0 Å². The van der Waals surface area contributed by atoms with Crippen LogP contribution in [-0.4, -0.2) is 10.1 Å². The van der Waals surface area contributed by atoms with Gasteiger partial charge < -0.3 is 10.1 Å². The molecule has 1 radical (unpaired) electrons. The molecule has 6 heavy (non-hydrogen) atoms. The van der Waals surface area contributed by atoms with Crippen LogP contribution in [0.4, 0.5) is 0 Å². The predicted molar refractivity (Wildman–Crippen MR) is 15.4 cm³/mol. The monoisotopic (exact) mass is 157 g/mol. The van der Waals surface area contributed by atoms with Crippen molar-refractivity contribution < 1.29 is 32.7 Å². The van der Waals surface area contributed by atoms with Crippen molar-refractivity contribution in [1.29, 1.82) is 0 Å². The van der Waals surface area contributed by atoms with Crippen LogP contribution < -0.4 is 5.10 Å². The molecule has 0 aliphatic heterocycles. The van der Waals surface area contributed by atoms with E-state index in [2.05, 4.69) is 15.2 Å². The maximum absolute atomic E-state index is 3.50. The van der Waals surface area contributed by atoms with Crippen molar-refractivity contribution in [3.63, 3.8) is 0 Å². The molecule has 1 aromatic heterocycles. The molecule has 1 aromatic rings. The van der Waals surface area contributed by atoms with E-state index in [1.165, 1.54) is 12.7 Å². The molecule has 29 valence electrons. The van der Waals surface area contributed by atoms with E-state index in [1.54, 1.807) is 0 Å². The third kappa shape index (κ3) is 1.62. The van der Waals surface area contributed by atoms with Crippen LogP contribution in [0, 0.1) is 0 Å². The second-order valence-corrected chi connectivity index (χ2v) is 0.611. The predicted octanol–water partition coefficient (Wildman–Crippen LogP) is -0.569. The Hall–Kier alpha value is 0.244. The molecule has 0 bridgehead atoms. The summed E-state index contributed by atoms with van der Waals surface area (Å²) in [6.07, 6.45) is 2.78. The zero-order chi connectivity index (χ0) is 3.54. The van der Waals surface area contributed by atoms with E-state index in [1.807, 2.05) is 0 Å². The average molecular weight is 157 g/mol. The standard InChI is InChI=1S/C2H2N3.Y/c1-3-2-5-4-1;/h1-2H;/q-1;. The molecule has 0 saturated carbocycles. The van der Waals surface area contributed by atoms with Crippen LogP contribution >= 0.6 is 0 Å². The first-order valence-corrected chi connectivity index (χ1v) is 1.23. The quantitative estimate of drug-likeness (QED) is 0.506. The summed E-state index contributed by atoms with van der Waals surface area (Å²) in [5.41, 5.74) is 0. The summed E-state index contributed by atoms with van der Waals surface area (Å²) < 4.78 is 0. The second kappa shape index (κ2) is 3.43. The third-order valence-corrected chi connectivity index (χ3v) is 0.303. The smallest absolute Gasteiger partial charge is 0.0119 e. The SMILES string of the molecule is [Y].c1nc[n-]n1. The van der Waals surface area contributed by atoms with Crippen LogP contribution in [0.2, 0.25) is 0 Å². The van der Waals surface area contributed by atoms with Gasteiger partial charge in [-0.05, 0) is 0 Å². The summed E-state index contributed by atoms with van der Waals surface area (Å²) >= 11 is 0. The summed E-state index contributed by atoms with van der Waals surface area (Å²) in [5.74, 6) is 0. The molecule has 0 atom stereocenters. The number of hydrogen-bond acceptors (Lipinski definition) is 2. The van der Waals surface area contributed by atoms with Crippen molar-refractivity contribution in [1.82, 2.24) is 15.2 Å². The van der Waals surface area contributed by atoms with E-state index in [-0.39, 0.29) is 32.7 Å². The van der Waals surface area contributed by atoms with Crippen molar-refractivity contribution in [2.24, 2.45) is 0 Å². The summed E-state index contributed by atoms with van der Waals surface area (Å²) in [6, 6.07) is 0. The molecule has 1 heterocycles. The molecule has 0 fully saturated rings. The van der Waals surface area contributed by atoms with Crippen LogP contribution in [0.15, 0.2) is 12.7 Å². The fourth-order valence-corrected chi connectivity index (χ4v) is 0.149. The Balaban J connectivity index is 0.000000250. The van der Waals surface area contributed by atoms with Gasteiger partial charge in [-0.15, -0.1) is 0 Å². The molecule has 0 aliphatic carbocycles. The third-order valence-electron chi connectivity index (χ3n) is 0.303. The zero-order valence-corrected chi connectivity index (χ0v) is 5.91. The second-order valence-electron chi connectivity index (χ2n) is 0.611. The van der Waals surface area contributed by atoms with Crippen molar-refractivity contribution in [3.8, 4) is 0 Å². The molecular weight excluding hydrogens is 155 g/mol. The number of rotatable bonds is 0. The first-order valence-electron chi connectivity index (χ1n) is 1.23. The van der Waals surface area contributed by atoms with Crippen LogP contribution in [0.25, 0.3) is 0 Å². The van der Waals surface area contributed by atoms with Gasteiger partial charge in [-0.2, -0.15) is 0 Å². The average Bonchev–Trinajstić information content (AvgIpc) is 1.76. The van der Waals surface area contributed by atoms with Gasteiger partial charge in [0.15, 0.2) is 0 Å². The van der Waals surface area contributed by atoms with Gasteiger partial charge in [0.25, 0.3) is 0 Å². The first kappa shape index (κ1) is 6.24. The topological polar surface area (TPSA) is 39.9 Å². The van der Waals surface area contributed by atoms with E-state index in [4.69, 9.17) is 0 Å². The molecule has 0 amide bonds. The Morgan fingerprint density at radius 2 is 2.33 bits per heavy atom. The first-order chi connectivity index (χ1) is 2.50. The minimum Gasteiger partial charge on any atom is -0.432 e. The van der Waals surface area contributed by atoms with Crippen LogP contribution in [-0.2, 0) is 32.7 Å². The van der Waals surface area contributed by atoms with Gasteiger partial charge in [-0.1, -0.05) is 6.33 Å². The van der Waals surface area contributed by atoms with E-state index in [0.717, 1.165) is 0 Å². The van der Waals surface area contributed by atoms with Gasteiger partial charge in [-0.25, -0.2) is 0 Å². The maximum Gasteiger partial charge on any atom is 0.0119 e. The molecule has 0 spiro atoms. The van der Waals surface area contributed by atoms with E-state index in [9.17, 15) is 0 Å². The molecule has 0 N–H and O–H groups in total. The van der Waals surface area contributed by atoms with Crippen molar-refractivity contribution >= 4 is 0 Å². The molecule has 1 rings (SSSR count). The molecule has 0 aliphatic rings. The number of nitrogens with zero attached hydrogens (tertiary/aromatic N) is 3. The Bertz CT molecular complexity index is 65.3. The molecule has 3 nitrogen and oxygen atoms in total. The van der Waals surface area contributed by atoms with Crippen molar-refractivity contribution in [2.75, 3.05) is 0 Å². The molecule has 4 heteroatoms. The van der Waals surface area contributed by atoms with Crippen LogP contribution in [0.3, 0.4) is 0 Å². The molecular formula is C2H2N3Y-. The van der Waals surface area contributed by atoms with Gasteiger partial charge >= 0.3 is 0 Å². The number of hydrogen-bond donors (Lipinski definition) is 0. The largest absolute Gasteiger partial charge is 0.432 e. The minimum atomic E-state index is 0. The van der Waals surface area contributed by atoms with Gasteiger partial charge in [0.2, 0.25) is 0 Å². The summed E-state index contributed by atoms with van der Waals surface area (Å²) in [4.78, 5) is 3.50. The van der Waals surface area contributed by atoms with Gasteiger partial charge in [0.05, 0.1) is 0 Å². The van der Waals surface area contributed by atoms with E-state index >= 15 is 0 Å². The Labute approximate surface area is 60.4 Å². The normalized spacial score (nSPS) is 6.67. The van der Waals surface area contributed by atoms with Gasteiger partial charge in [-0.3, -0.25) is 5.10 Å². The molecule has 0 aromatic carbocycles. The fraction of sp³-hybridized carbons (Fsp3) is 0. The molecule has 0 saturated heterocycles. The molecule has 0 unspecified atom stereocenters. The summed E-state index contributed by atoms with van der Waals surface area (Å²) in [7, 11) is 0. The zero-order valence-electron chi connectivity index (χ0n) is 3.07. The number of aromatic nitrogens is 3. The van der Waals surface area contributed by atoms with Gasteiger partial charge in [0, 0.05) is 39.0 Å². The van der Waals surface area contributed by atoms with Crippen LogP contribution in [0.1, 0.15) is 0 Å². The Kier molecular flexibility index (Phi) is 3.57. The van der Waals surface area contributed by atoms with Gasteiger partial charge in [0.1, 0.15) is 0 Å². The fourth-order valence-electron chi connectivity index (χ4n) is 0.149. The van der Waals surface area contributed by atoms with E-state index < -0.39 is 0 Å². The summed E-state index contributed by atoms with van der Waals surface area (Å²) in [5, 5.41) is 6.72. The van der Waals surface area contributed by atoms with E-state index in [0.29, 0.717) is 0 Å². The van der Waals surface area contributed by atoms with Crippen molar-refractivity contribution in [2.45, 2.75) is 0 Å². The summed E-state index contributed by atoms with van der Waals surface area (Å²) in [6.45, 7) is 0. The Morgan fingerprint density at radius 1 is 1.50 bits per heavy atom.